The summed E-state index contributed by atoms with van der Waals surface area (Å²) in [6.45, 7) is 4.59. The Morgan fingerprint density at radius 1 is 1.19 bits per heavy atom. The molecule has 1 aliphatic carbocycles. The lowest BCUT2D eigenvalue weighted by Crippen LogP contribution is -2.07. The van der Waals surface area contributed by atoms with Gasteiger partial charge in [-0.3, -0.25) is 4.79 Å². The van der Waals surface area contributed by atoms with Gasteiger partial charge in [0.25, 0.3) is 5.97 Å². The number of halogens is 4. The molecule has 3 aromatic rings. The molecule has 1 aliphatic heterocycles. The predicted octanol–water partition coefficient (Wildman–Crippen LogP) is 7.95. The van der Waals surface area contributed by atoms with Crippen LogP contribution in [0.4, 0.5) is 13.2 Å². The van der Waals surface area contributed by atoms with Gasteiger partial charge in [0.05, 0.1) is 10.0 Å². The third kappa shape index (κ3) is 5.42. The van der Waals surface area contributed by atoms with Gasteiger partial charge in [-0.05, 0) is 100 Å². The highest BCUT2D eigenvalue weighted by molar-refractivity contribution is 9.10. The minimum atomic E-state index is -4.35. The van der Waals surface area contributed by atoms with Crippen molar-refractivity contribution in [3.05, 3.63) is 74.4 Å². The topological polar surface area (TPSA) is 59.4 Å². The molecule has 36 heavy (non-hydrogen) atoms. The molecule has 9 heteroatoms. The molecule has 0 bridgehead atoms. The number of carboxylic acids is 1. The zero-order chi connectivity index (χ0) is 26.2. The molecule has 0 amide bonds. The Kier molecular flexibility index (Phi) is 7.71. The number of hydrogen-bond donors (Lipinski definition) is 1. The second-order valence-electron chi connectivity index (χ2n) is 8.85. The number of fused-ring (bicyclic) bond motifs is 2. The van der Waals surface area contributed by atoms with Crippen LogP contribution in [0.25, 0.3) is 11.1 Å². The Hall–Kier alpha value is -2.52. The van der Waals surface area contributed by atoms with Gasteiger partial charge < -0.3 is 9.84 Å². The molecule has 1 N–H and O–H groups in total. The molecule has 2 heterocycles. The van der Waals surface area contributed by atoms with Gasteiger partial charge in [-0.25, -0.2) is 4.98 Å². The molecule has 1 unspecified atom stereocenters. The summed E-state index contributed by atoms with van der Waals surface area (Å²) in [6.07, 6.45) is 0.0641. The van der Waals surface area contributed by atoms with Crippen molar-refractivity contribution < 1.29 is 27.8 Å². The van der Waals surface area contributed by atoms with E-state index in [9.17, 15) is 13.2 Å². The van der Waals surface area contributed by atoms with Crippen LogP contribution in [0.15, 0.2) is 45.9 Å². The smallest absolute Gasteiger partial charge is 0.416 e. The van der Waals surface area contributed by atoms with Gasteiger partial charge >= 0.3 is 6.18 Å². The lowest BCUT2D eigenvalue weighted by atomic mass is 9.89. The van der Waals surface area contributed by atoms with E-state index in [0.717, 1.165) is 58.7 Å². The van der Waals surface area contributed by atoms with Crippen LogP contribution in [0.5, 0.6) is 5.88 Å². The van der Waals surface area contributed by atoms with Crippen LogP contribution in [0.3, 0.4) is 0 Å². The summed E-state index contributed by atoms with van der Waals surface area (Å²) in [5.74, 6) is 0.823. The summed E-state index contributed by atoms with van der Waals surface area (Å²) >= 11 is 5.48. The summed E-state index contributed by atoms with van der Waals surface area (Å²) in [4.78, 5) is 14.7. The largest absolute Gasteiger partial charge is 0.481 e. The molecule has 5 rings (SSSR count). The van der Waals surface area contributed by atoms with Gasteiger partial charge in [0, 0.05) is 23.8 Å². The Morgan fingerprint density at radius 2 is 1.86 bits per heavy atom. The molecule has 0 saturated carbocycles. The summed E-state index contributed by atoms with van der Waals surface area (Å²) in [5.41, 5.74) is 6.02. The highest BCUT2D eigenvalue weighted by Crippen LogP contribution is 2.46. The second-order valence-corrected chi connectivity index (χ2v) is 10.7. The second kappa shape index (κ2) is 10.5. The highest BCUT2D eigenvalue weighted by Gasteiger charge is 2.33. The minimum absolute atomic E-state index is 0.131. The van der Waals surface area contributed by atoms with Crippen LogP contribution in [-0.2, 0) is 23.8 Å². The van der Waals surface area contributed by atoms with Crippen LogP contribution in [-0.4, -0.2) is 21.8 Å². The number of aromatic nitrogens is 1. The summed E-state index contributed by atoms with van der Waals surface area (Å²) in [7, 11) is 0. The number of pyridine rings is 1. The monoisotopic (exact) mass is 579 g/mol. The van der Waals surface area contributed by atoms with Gasteiger partial charge in [-0.1, -0.05) is 18.2 Å². The fourth-order valence-corrected chi connectivity index (χ4v) is 6.70. The Balaban J connectivity index is 0.000000709. The number of hydrogen-bond acceptors (Lipinski definition) is 4. The average Bonchev–Trinajstić information content (AvgIpc) is 3.42. The highest BCUT2D eigenvalue weighted by atomic mass is 79.9. The normalized spacial score (nSPS) is 16.1. The number of aryl methyl sites for hydroxylation is 3. The molecule has 0 spiro atoms. The molecular weight excluding hydrogens is 555 g/mol. The van der Waals surface area contributed by atoms with E-state index < -0.39 is 17.7 Å². The van der Waals surface area contributed by atoms with Crippen molar-refractivity contribution in [1.29, 1.82) is 0 Å². The number of rotatable bonds is 3. The Morgan fingerprint density at radius 3 is 2.50 bits per heavy atom. The third-order valence-corrected chi connectivity index (χ3v) is 8.39. The fourth-order valence-electron chi connectivity index (χ4n) is 4.83. The zero-order valence-electron chi connectivity index (χ0n) is 20.0. The molecule has 1 atom stereocenters. The van der Waals surface area contributed by atoms with Crippen molar-refractivity contribution in [2.45, 2.75) is 57.2 Å². The predicted molar refractivity (Wildman–Crippen MR) is 138 cm³/mol. The Bertz CT molecular complexity index is 1300. The third-order valence-electron chi connectivity index (χ3n) is 6.23. The summed E-state index contributed by atoms with van der Waals surface area (Å²) in [5, 5.41) is 7.42. The number of carbonyl (C=O) groups is 1. The molecule has 2 aliphatic rings. The van der Waals surface area contributed by atoms with E-state index >= 15 is 0 Å². The number of benzene rings is 2. The molecular formula is C27H25BrF3NO3S. The molecule has 4 nitrogen and oxygen atoms in total. The first-order valence-corrected chi connectivity index (χ1v) is 13.2. The van der Waals surface area contributed by atoms with E-state index in [-0.39, 0.29) is 6.10 Å². The van der Waals surface area contributed by atoms with Crippen LogP contribution in [0.1, 0.15) is 52.8 Å². The molecule has 2 aromatic carbocycles. The quantitative estimate of drug-likeness (QED) is 0.341. The van der Waals surface area contributed by atoms with Crippen LogP contribution in [0, 0.1) is 13.8 Å². The van der Waals surface area contributed by atoms with E-state index in [1.807, 2.05) is 30.1 Å². The Labute approximate surface area is 220 Å². The lowest BCUT2D eigenvalue weighted by Gasteiger charge is -2.19. The van der Waals surface area contributed by atoms with Crippen molar-refractivity contribution >= 4 is 33.7 Å². The maximum absolute atomic E-state index is 13.2. The van der Waals surface area contributed by atoms with Crippen LogP contribution >= 0.6 is 27.7 Å². The number of aliphatic carboxylic acids is 1. The lowest BCUT2D eigenvalue weighted by molar-refractivity contribution is -0.137. The summed E-state index contributed by atoms with van der Waals surface area (Å²) in [6, 6.07) is 8.51. The van der Waals surface area contributed by atoms with E-state index in [0.29, 0.717) is 17.0 Å². The standard InChI is InChI=1S/C25H21BrF3NOS.C2H4O2/c1-13-10-16(25(27,28)29)11-14(2)21(13)19-5-3-4-18-17(19)6-7-20(18)31-24-22(26)23-15(12-30-24)8-9-32-23;1-2(3)4/h3-5,10-12,20H,6-9H2,1-2H3;1H3,(H,3,4). The van der Waals surface area contributed by atoms with E-state index in [4.69, 9.17) is 14.6 Å². The van der Waals surface area contributed by atoms with Gasteiger partial charge in [0.15, 0.2) is 0 Å². The first kappa shape index (κ1) is 26.5. The van der Waals surface area contributed by atoms with Gasteiger partial charge in [0.1, 0.15) is 6.10 Å². The van der Waals surface area contributed by atoms with Crippen LogP contribution < -0.4 is 4.74 Å². The van der Waals surface area contributed by atoms with E-state index in [2.05, 4.69) is 27.0 Å². The molecule has 0 radical (unpaired) electrons. The molecule has 0 saturated heterocycles. The summed E-state index contributed by atoms with van der Waals surface area (Å²) < 4.78 is 47.0. The van der Waals surface area contributed by atoms with Crippen molar-refractivity contribution in [2.75, 3.05) is 5.75 Å². The fraction of sp³-hybridized carbons (Fsp3) is 0.333. The number of carboxylic acid groups (broad SMARTS) is 1. The SMILES string of the molecule is CC(=O)O.Cc1cc(C(F)(F)F)cc(C)c1-c1cccc2c1CCC2Oc1ncc2c(c1Br)SCC2. The maximum Gasteiger partial charge on any atom is 0.416 e. The number of nitrogens with zero attached hydrogens (tertiary/aromatic N) is 1. The van der Waals surface area contributed by atoms with Gasteiger partial charge in [-0.15, -0.1) is 11.8 Å². The van der Waals surface area contributed by atoms with Gasteiger partial charge in [0.2, 0.25) is 5.88 Å². The van der Waals surface area contributed by atoms with E-state index in [1.54, 1.807) is 13.8 Å². The number of ether oxygens (including phenoxy) is 1. The molecule has 190 valence electrons. The van der Waals surface area contributed by atoms with Crippen molar-refractivity contribution in [3.63, 3.8) is 0 Å². The molecule has 1 aromatic heterocycles. The van der Waals surface area contributed by atoms with Crippen LogP contribution in [0.2, 0.25) is 0 Å². The maximum atomic E-state index is 13.2. The van der Waals surface area contributed by atoms with E-state index in [1.165, 1.54) is 22.6 Å². The first-order valence-electron chi connectivity index (χ1n) is 11.4. The number of thioether (sulfide) groups is 1. The zero-order valence-corrected chi connectivity index (χ0v) is 22.4. The van der Waals surface area contributed by atoms with Crippen molar-refractivity contribution in [3.8, 4) is 17.0 Å². The van der Waals surface area contributed by atoms with Gasteiger partial charge in [-0.2, -0.15) is 13.2 Å². The molecule has 0 fully saturated rings. The van der Waals surface area contributed by atoms with Crippen molar-refractivity contribution in [1.82, 2.24) is 4.98 Å². The first-order chi connectivity index (χ1) is 17.0. The number of alkyl halides is 3. The van der Waals surface area contributed by atoms with Crippen molar-refractivity contribution in [2.24, 2.45) is 0 Å². The average molecular weight is 580 g/mol. The minimum Gasteiger partial charge on any atom is -0.481 e.